The highest BCUT2D eigenvalue weighted by Crippen LogP contribution is 2.12. The maximum Gasteiger partial charge on any atom is 0.151 e. The molecule has 6 nitrogen and oxygen atoms in total. The van der Waals surface area contributed by atoms with E-state index in [2.05, 4.69) is 0 Å². The van der Waals surface area contributed by atoms with Crippen LogP contribution in [0.15, 0.2) is 0 Å². The van der Waals surface area contributed by atoms with Crippen molar-refractivity contribution in [2.24, 2.45) is 0 Å². The lowest BCUT2D eigenvalue weighted by Gasteiger charge is -2.25. The van der Waals surface area contributed by atoms with Gasteiger partial charge in [-0.25, -0.2) is 16.8 Å². The summed E-state index contributed by atoms with van der Waals surface area (Å²) in [6.07, 6.45) is 0.811. The monoisotopic (exact) mass is 313 g/mol. The van der Waals surface area contributed by atoms with Crippen LogP contribution in [0, 0.1) is 0 Å². The second-order valence-corrected chi connectivity index (χ2v) is 9.66. The number of sulfone groups is 2. The van der Waals surface area contributed by atoms with Crippen molar-refractivity contribution in [1.29, 1.82) is 0 Å². The third-order valence-corrected chi connectivity index (χ3v) is 6.84. The van der Waals surface area contributed by atoms with Crippen molar-refractivity contribution in [2.45, 2.75) is 25.8 Å². The number of rotatable bonds is 6. The lowest BCUT2D eigenvalue weighted by Crippen LogP contribution is -2.38. The number of hydrogen-bond donors (Lipinski definition) is 1. The van der Waals surface area contributed by atoms with Gasteiger partial charge in [-0.05, 0) is 19.8 Å². The van der Waals surface area contributed by atoms with Gasteiger partial charge < -0.3 is 5.11 Å². The van der Waals surface area contributed by atoms with Crippen LogP contribution in [0.4, 0.5) is 0 Å². The Morgan fingerprint density at radius 1 is 1.26 bits per heavy atom. The number of nitrogens with zero attached hydrogens (tertiary/aromatic N) is 1. The van der Waals surface area contributed by atoms with Crippen LogP contribution in [0.2, 0.25) is 0 Å². The highest BCUT2D eigenvalue weighted by Gasteiger charge is 2.25. The third kappa shape index (κ3) is 6.20. The first kappa shape index (κ1) is 16.9. The highest BCUT2D eigenvalue weighted by molar-refractivity contribution is 7.91. The predicted molar refractivity (Wildman–Crippen MR) is 74.7 cm³/mol. The van der Waals surface area contributed by atoms with Crippen molar-refractivity contribution in [2.75, 3.05) is 42.7 Å². The van der Waals surface area contributed by atoms with Crippen molar-refractivity contribution < 1.29 is 21.9 Å². The maximum absolute atomic E-state index is 11.7. The molecule has 1 rings (SSSR count). The van der Waals surface area contributed by atoms with Crippen LogP contribution in [0.1, 0.15) is 19.8 Å². The second kappa shape index (κ2) is 7.01. The van der Waals surface area contributed by atoms with Crippen molar-refractivity contribution >= 4 is 19.7 Å². The molecule has 114 valence electrons. The summed E-state index contributed by atoms with van der Waals surface area (Å²) in [6, 6.07) is 0.0883. The molecule has 0 aromatic rings. The quantitative estimate of drug-likeness (QED) is 0.697. The van der Waals surface area contributed by atoms with Gasteiger partial charge in [0, 0.05) is 25.7 Å². The molecule has 0 aliphatic carbocycles. The summed E-state index contributed by atoms with van der Waals surface area (Å²) < 4.78 is 46.5. The van der Waals surface area contributed by atoms with Crippen molar-refractivity contribution in [3.05, 3.63) is 0 Å². The topological polar surface area (TPSA) is 91.8 Å². The Morgan fingerprint density at radius 2 is 1.95 bits per heavy atom. The summed E-state index contributed by atoms with van der Waals surface area (Å²) in [4.78, 5) is 1.93. The van der Waals surface area contributed by atoms with E-state index in [0.717, 1.165) is 0 Å². The summed E-state index contributed by atoms with van der Waals surface area (Å²) in [6.45, 7) is 2.57. The first-order valence-electron chi connectivity index (χ1n) is 6.51. The summed E-state index contributed by atoms with van der Waals surface area (Å²) in [5.41, 5.74) is 0. The molecule has 1 saturated heterocycles. The maximum atomic E-state index is 11.7. The molecule has 1 heterocycles. The van der Waals surface area contributed by atoms with Gasteiger partial charge in [-0.3, -0.25) is 4.90 Å². The number of aliphatic hydroxyl groups excluding tert-OH is 1. The third-order valence-electron chi connectivity index (χ3n) is 3.46. The van der Waals surface area contributed by atoms with E-state index in [9.17, 15) is 16.8 Å². The zero-order chi connectivity index (χ0) is 14.5. The van der Waals surface area contributed by atoms with Crippen molar-refractivity contribution in [3.8, 4) is 0 Å². The van der Waals surface area contributed by atoms with Gasteiger partial charge in [-0.1, -0.05) is 0 Å². The van der Waals surface area contributed by atoms with Crippen LogP contribution in [0.3, 0.4) is 0 Å². The van der Waals surface area contributed by atoms with E-state index in [1.165, 1.54) is 0 Å². The van der Waals surface area contributed by atoms with Gasteiger partial charge in [-0.2, -0.15) is 0 Å². The lowest BCUT2D eigenvalue weighted by atomic mass is 10.2. The lowest BCUT2D eigenvalue weighted by molar-refractivity contribution is 0.234. The van der Waals surface area contributed by atoms with Gasteiger partial charge in [-0.15, -0.1) is 0 Å². The number of aliphatic hydroxyl groups is 1. The Hall–Kier alpha value is -0.180. The SMILES string of the molecule is CC1CCS(=O)(=O)CCN1CCS(=O)(=O)CCCO. The molecule has 1 aliphatic heterocycles. The predicted octanol–water partition coefficient (Wildman–Crippen LogP) is -0.707. The van der Waals surface area contributed by atoms with Crippen LogP contribution in [0.5, 0.6) is 0 Å². The van der Waals surface area contributed by atoms with E-state index < -0.39 is 19.7 Å². The molecular weight excluding hydrogens is 290 g/mol. The largest absolute Gasteiger partial charge is 0.396 e. The average Bonchev–Trinajstić information content (AvgIpc) is 2.45. The molecule has 0 aromatic carbocycles. The Morgan fingerprint density at radius 3 is 2.58 bits per heavy atom. The Labute approximate surface area is 115 Å². The molecule has 0 radical (unpaired) electrons. The molecule has 1 fully saturated rings. The highest BCUT2D eigenvalue weighted by atomic mass is 32.2. The van der Waals surface area contributed by atoms with Gasteiger partial charge in [0.05, 0.1) is 23.0 Å². The standard InChI is InChI=1S/C11H23NO5S2/c1-11-3-8-19(16,17)10-5-12(11)4-9-18(14,15)7-2-6-13/h11,13H,2-10H2,1H3. The first-order valence-corrected chi connectivity index (χ1v) is 10.2. The molecule has 0 amide bonds. The van der Waals surface area contributed by atoms with Crippen LogP contribution >= 0.6 is 0 Å². The van der Waals surface area contributed by atoms with Gasteiger partial charge in [0.1, 0.15) is 0 Å². The zero-order valence-electron chi connectivity index (χ0n) is 11.3. The van der Waals surface area contributed by atoms with Gasteiger partial charge in [0.2, 0.25) is 0 Å². The minimum absolute atomic E-state index is 0.00990. The summed E-state index contributed by atoms with van der Waals surface area (Å²) in [7, 11) is -6.14. The van der Waals surface area contributed by atoms with E-state index in [1.807, 2.05) is 11.8 Å². The van der Waals surface area contributed by atoms with Gasteiger partial charge in [0.25, 0.3) is 0 Å². The van der Waals surface area contributed by atoms with Crippen LogP contribution in [0.25, 0.3) is 0 Å². The number of hydrogen-bond acceptors (Lipinski definition) is 6. The van der Waals surface area contributed by atoms with E-state index in [4.69, 9.17) is 5.11 Å². The molecule has 0 spiro atoms. The molecule has 1 aliphatic rings. The Bertz CT molecular complexity index is 471. The molecule has 0 saturated carbocycles. The van der Waals surface area contributed by atoms with Crippen molar-refractivity contribution in [3.63, 3.8) is 0 Å². The minimum atomic E-state index is -3.16. The molecular formula is C11H23NO5S2. The van der Waals surface area contributed by atoms with Crippen LogP contribution in [-0.2, 0) is 19.7 Å². The second-order valence-electron chi connectivity index (χ2n) is 5.05. The summed E-state index contributed by atoms with van der Waals surface area (Å²) in [5.74, 6) is 0.303. The Balaban J connectivity index is 2.52. The van der Waals surface area contributed by atoms with Gasteiger partial charge in [0.15, 0.2) is 19.7 Å². The van der Waals surface area contributed by atoms with Crippen LogP contribution in [-0.4, -0.2) is 75.6 Å². The summed E-state index contributed by atoms with van der Waals surface area (Å²) >= 11 is 0. The molecule has 19 heavy (non-hydrogen) atoms. The summed E-state index contributed by atoms with van der Waals surface area (Å²) in [5, 5.41) is 8.64. The smallest absolute Gasteiger partial charge is 0.151 e. The zero-order valence-corrected chi connectivity index (χ0v) is 12.9. The first-order chi connectivity index (χ1) is 8.76. The van der Waals surface area contributed by atoms with E-state index in [-0.39, 0.29) is 42.1 Å². The minimum Gasteiger partial charge on any atom is -0.396 e. The molecule has 0 aromatic heterocycles. The van der Waals surface area contributed by atoms with Gasteiger partial charge >= 0.3 is 0 Å². The molecule has 1 unspecified atom stereocenters. The average molecular weight is 313 g/mol. The fraction of sp³-hybridized carbons (Fsp3) is 1.00. The van der Waals surface area contributed by atoms with Crippen LogP contribution < -0.4 is 0 Å². The van der Waals surface area contributed by atoms with Crippen molar-refractivity contribution in [1.82, 2.24) is 4.90 Å². The fourth-order valence-electron chi connectivity index (χ4n) is 2.09. The molecule has 8 heteroatoms. The van der Waals surface area contributed by atoms with E-state index in [0.29, 0.717) is 19.5 Å². The van der Waals surface area contributed by atoms with E-state index in [1.54, 1.807) is 0 Å². The Kier molecular flexibility index (Phi) is 6.22. The van der Waals surface area contributed by atoms with E-state index >= 15 is 0 Å². The molecule has 0 bridgehead atoms. The molecule has 1 N–H and O–H groups in total. The normalized spacial score (nSPS) is 25.1. The molecule has 1 atom stereocenters. The fourth-order valence-corrected chi connectivity index (χ4v) is 4.79.